The van der Waals surface area contributed by atoms with Gasteiger partial charge in [-0.1, -0.05) is 37.3 Å². The van der Waals surface area contributed by atoms with Gasteiger partial charge in [0.2, 0.25) is 11.8 Å². The van der Waals surface area contributed by atoms with Crippen molar-refractivity contribution in [1.82, 2.24) is 10.6 Å². The maximum atomic E-state index is 12.4. The van der Waals surface area contributed by atoms with Crippen LogP contribution < -0.4 is 16.4 Å². The van der Waals surface area contributed by atoms with E-state index in [1.54, 1.807) is 31.2 Å². The zero-order valence-electron chi connectivity index (χ0n) is 15.2. The number of alkyl carbamates (subject to hydrolysis) is 1. The Kier molecular flexibility index (Phi) is 8.75. The van der Waals surface area contributed by atoms with Gasteiger partial charge in [-0.25, -0.2) is 4.79 Å². The summed E-state index contributed by atoms with van der Waals surface area (Å²) < 4.78 is 5.02. The predicted molar refractivity (Wildman–Crippen MR) is 95.8 cm³/mol. The highest BCUT2D eigenvalue weighted by molar-refractivity contribution is 5.91. The van der Waals surface area contributed by atoms with E-state index in [1.807, 2.05) is 12.1 Å². The van der Waals surface area contributed by atoms with Gasteiger partial charge in [0.1, 0.15) is 18.7 Å². The molecule has 0 bridgehead atoms. The van der Waals surface area contributed by atoms with Crippen molar-refractivity contribution in [2.24, 2.45) is 11.7 Å². The number of hydrogen-bond donors (Lipinski definition) is 4. The van der Waals surface area contributed by atoms with Gasteiger partial charge in [-0.15, -0.1) is 0 Å². The number of nitriles is 1. The number of carbonyl (C=O) groups is 3. The number of nitrogens with zero attached hydrogens (tertiary/aromatic N) is 1. The first-order valence-corrected chi connectivity index (χ1v) is 8.38. The maximum absolute atomic E-state index is 12.4. The van der Waals surface area contributed by atoms with E-state index in [0.717, 1.165) is 5.56 Å². The third kappa shape index (κ3) is 7.33. The summed E-state index contributed by atoms with van der Waals surface area (Å²) in [7, 11) is 0. The van der Waals surface area contributed by atoms with Crippen LogP contribution in [-0.4, -0.2) is 41.2 Å². The molecule has 5 N–H and O–H groups in total. The van der Waals surface area contributed by atoms with Crippen LogP contribution in [0.3, 0.4) is 0 Å². The fourth-order valence-corrected chi connectivity index (χ4v) is 2.30. The van der Waals surface area contributed by atoms with Gasteiger partial charge in [0.05, 0.1) is 12.2 Å². The Hall–Kier alpha value is -3.12. The minimum absolute atomic E-state index is 0.000220. The second kappa shape index (κ2) is 10.8. The lowest BCUT2D eigenvalue weighted by Crippen LogP contribution is -2.58. The van der Waals surface area contributed by atoms with Crippen molar-refractivity contribution in [2.75, 3.05) is 0 Å². The Balaban J connectivity index is 2.70. The van der Waals surface area contributed by atoms with E-state index in [4.69, 9.17) is 15.7 Å². The first-order valence-electron chi connectivity index (χ1n) is 8.38. The summed E-state index contributed by atoms with van der Waals surface area (Å²) in [6.45, 7) is 2.88. The highest BCUT2D eigenvalue weighted by Crippen LogP contribution is 2.08. The average molecular weight is 376 g/mol. The summed E-state index contributed by atoms with van der Waals surface area (Å²) in [6, 6.07) is 8.35. The van der Waals surface area contributed by atoms with Crippen LogP contribution in [0.15, 0.2) is 30.3 Å². The average Bonchev–Trinajstić information content (AvgIpc) is 2.62. The third-order valence-corrected chi connectivity index (χ3v) is 3.84. The van der Waals surface area contributed by atoms with Crippen molar-refractivity contribution in [3.8, 4) is 6.07 Å². The number of nitrogens with one attached hydrogen (secondary N) is 2. The van der Waals surface area contributed by atoms with E-state index in [9.17, 15) is 19.5 Å². The molecule has 3 amide bonds. The summed E-state index contributed by atoms with van der Waals surface area (Å²) in [5.41, 5.74) is 6.02. The van der Waals surface area contributed by atoms with E-state index in [-0.39, 0.29) is 13.0 Å². The molecule has 0 saturated carbocycles. The number of aliphatic hydroxyl groups excluding tert-OH is 1. The molecular weight excluding hydrogens is 352 g/mol. The van der Waals surface area contributed by atoms with Gasteiger partial charge < -0.3 is 26.2 Å². The highest BCUT2D eigenvalue weighted by Gasteiger charge is 2.31. The van der Waals surface area contributed by atoms with E-state index in [1.165, 1.54) is 6.92 Å². The van der Waals surface area contributed by atoms with Gasteiger partial charge >= 0.3 is 6.09 Å². The van der Waals surface area contributed by atoms with Crippen molar-refractivity contribution in [3.05, 3.63) is 35.9 Å². The number of hydrogen-bond acceptors (Lipinski definition) is 6. The quantitative estimate of drug-likeness (QED) is 0.482. The van der Waals surface area contributed by atoms with Gasteiger partial charge in [0.25, 0.3) is 0 Å². The molecule has 0 saturated heterocycles. The lowest BCUT2D eigenvalue weighted by atomic mass is 9.97. The van der Waals surface area contributed by atoms with Crippen LogP contribution >= 0.6 is 0 Å². The topological polar surface area (TPSA) is 155 Å². The van der Waals surface area contributed by atoms with Crippen molar-refractivity contribution in [3.63, 3.8) is 0 Å². The molecule has 9 nitrogen and oxygen atoms in total. The number of rotatable bonds is 9. The maximum Gasteiger partial charge on any atom is 0.408 e. The van der Waals surface area contributed by atoms with Gasteiger partial charge in [0, 0.05) is 6.42 Å². The molecule has 1 rings (SSSR count). The van der Waals surface area contributed by atoms with Gasteiger partial charge in [-0.05, 0) is 18.4 Å². The Morgan fingerprint density at radius 1 is 1.19 bits per heavy atom. The number of ether oxygens (including phenoxy) is 1. The molecule has 0 heterocycles. The zero-order chi connectivity index (χ0) is 20.4. The molecule has 0 radical (unpaired) electrons. The van der Waals surface area contributed by atoms with Crippen LogP contribution in [0.25, 0.3) is 0 Å². The summed E-state index contributed by atoms with van der Waals surface area (Å²) in [4.78, 5) is 35.9. The molecule has 9 heteroatoms. The molecule has 0 aliphatic rings. The second-order valence-corrected chi connectivity index (χ2v) is 6.15. The zero-order valence-corrected chi connectivity index (χ0v) is 15.2. The van der Waals surface area contributed by atoms with Crippen LogP contribution in [0.1, 0.15) is 25.8 Å². The van der Waals surface area contributed by atoms with Crippen molar-refractivity contribution >= 4 is 17.9 Å². The number of amides is 3. The molecule has 4 atom stereocenters. The van der Waals surface area contributed by atoms with Crippen LogP contribution in [-0.2, 0) is 20.9 Å². The van der Waals surface area contributed by atoms with E-state index >= 15 is 0 Å². The fraction of sp³-hybridized carbons (Fsp3) is 0.444. The predicted octanol–water partition coefficient (Wildman–Crippen LogP) is 0.182. The minimum Gasteiger partial charge on any atom is -0.445 e. The van der Waals surface area contributed by atoms with Crippen molar-refractivity contribution in [2.45, 2.75) is 45.1 Å². The standard InChI is InChI=1S/C18H24N4O5/c1-11(8-9-19)14(16(20)24)21-17(25)15(12(2)23)22-18(26)27-10-13-6-4-3-5-7-13/h3-7,11-12,14-15,23H,8,10H2,1-2H3,(H2,20,24)(H,21,25)(H,22,26)/t11-,12-,14+,15+/m1/s1. The largest absolute Gasteiger partial charge is 0.445 e. The van der Waals surface area contributed by atoms with E-state index in [0.29, 0.717) is 0 Å². The van der Waals surface area contributed by atoms with Gasteiger partial charge in [-0.3, -0.25) is 9.59 Å². The number of nitrogens with two attached hydrogens (primary N) is 1. The lowest BCUT2D eigenvalue weighted by molar-refractivity contribution is -0.131. The summed E-state index contributed by atoms with van der Waals surface area (Å²) in [6.07, 6.45) is -2.16. The van der Waals surface area contributed by atoms with Crippen LogP contribution in [0.5, 0.6) is 0 Å². The smallest absolute Gasteiger partial charge is 0.408 e. The highest BCUT2D eigenvalue weighted by atomic mass is 16.5. The van der Waals surface area contributed by atoms with Crippen LogP contribution in [0, 0.1) is 17.2 Å². The van der Waals surface area contributed by atoms with E-state index < -0.39 is 42.0 Å². The Bertz CT molecular complexity index is 687. The summed E-state index contributed by atoms with van der Waals surface area (Å²) >= 11 is 0. The molecule has 0 unspecified atom stereocenters. The molecule has 146 valence electrons. The SMILES string of the molecule is C[C@H](CC#N)[C@H](NC(=O)[C@@H](NC(=O)OCc1ccccc1)[C@@H](C)O)C(N)=O. The molecule has 0 aliphatic carbocycles. The molecule has 27 heavy (non-hydrogen) atoms. The lowest BCUT2D eigenvalue weighted by Gasteiger charge is -2.25. The fourth-order valence-electron chi connectivity index (χ4n) is 2.30. The number of primary amides is 1. The Morgan fingerprint density at radius 2 is 1.81 bits per heavy atom. The van der Waals surface area contributed by atoms with E-state index in [2.05, 4.69) is 10.6 Å². The normalized spacial score (nSPS) is 14.7. The minimum atomic E-state index is -1.36. The molecule has 0 spiro atoms. The van der Waals surface area contributed by atoms with Crippen LogP contribution in [0.4, 0.5) is 4.79 Å². The Labute approximate surface area is 157 Å². The molecule has 1 aromatic carbocycles. The number of aliphatic hydroxyl groups is 1. The molecule has 0 aliphatic heterocycles. The van der Waals surface area contributed by atoms with Crippen molar-refractivity contribution in [1.29, 1.82) is 5.26 Å². The second-order valence-electron chi connectivity index (χ2n) is 6.15. The summed E-state index contributed by atoms with van der Waals surface area (Å²) in [5.74, 6) is -2.16. The number of benzene rings is 1. The first kappa shape index (κ1) is 21.9. The molecule has 1 aromatic rings. The summed E-state index contributed by atoms with van der Waals surface area (Å²) in [5, 5.41) is 23.2. The van der Waals surface area contributed by atoms with Gasteiger partial charge in [0.15, 0.2) is 0 Å². The van der Waals surface area contributed by atoms with Crippen molar-refractivity contribution < 1.29 is 24.2 Å². The monoisotopic (exact) mass is 376 g/mol. The molecule has 0 fully saturated rings. The molecule has 0 aromatic heterocycles. The third-order valence-electron chi connectivity index (χ3n) is 3.84. The Morgan fingerprint density at radius 3 is 2.33 bits per heavy atom. The number of carbonyl (C=O) groups excluding carboxylic acids is 3. The van der Waals surface area contributed by atoms with Gasteiger partial charge in [-0.2, -0.15) is 5.26 Å². The molecular formula is C18H24N4O5. The first-order chi connectivity index (χ1) is 12.8. The van der Waals surface area contributed by atoms with Crippen LogP contribution in [0.2, 0.25) is 0 Å².